The van der Waals surface area contributed by atoms with Gasteiger partial charge in [-0.3, -0.25) is 0 Å². The van der Waals surface area contributed by atoms with Gasteiger partial charge in [-0.15, -0.1) is 12.4 Å². The first kappa shape index (κ1) is 18.0. The number of aliphatic hydroxyl groups is 1. The predicted octanol–water partition coefficient (Wildman–Crippen LogP) is 2.67. The van der Waals surface area contributed by atoms with E-state index < -0.39 is 0 Å². The fourth-order valence-electron chi connectivity index (χ4n) is 2.47. The van der Waals surface area contributed by atoms with Crippen LogP contribution in [0.3, 0.4) is 0 Å². The maximum atomic E-state index is 9.25. The number of nitrogens with two attached hydrogens (primary N) is 1. The minimum absolute atomic E-state index is 0. The van der Waals surface area contributed by atoms with E-state index in [2.05, 4.69) is 15.0 Å². The number of nitrogens with zero attached hydrogens (tertiary/aromatic N) is 4. The van der Waals surface area contributed by atoms with Crippen molar-refractivity contribution in [1.82, 2.24) is 15.0 Å². The molecule has 0 bridgehead atoms. The average molecular weight is 377 g/mol. The molecule has 1 saturated heterocycles. The zero-order valence-electron chi connectivity index (χ0n) is 12.1. The lowest BCUT2D eigenvalue weighted by Crippen LogP contribution is -2.23. The number of aromatic nitrogens is 3. The summed E-state index contributed by atoms with van der Waals surface area (Å²) in [6.07, 6.45) is 0.898. The third-order valence-corrected chi connectivity index (χ3v) is 4.20. The minimum atomic E-state index is 0. The van der Waals surface area contributed by atoms with Crippen molar-refractivity contribution in [1.29, 1.82) is 0 Å². The quantitative estimate of drug-likeness (QED) is 0.856. The van der Waals surface area contributed by atoms with Gasteiger partial charge in [0.1, 0.15) is 0 Å². The molecule has 1 fully saturated rings. The van der Waals surface area contributed by atoms with Gasteiger partial charge in [0.15, 0.2) is 5.82 Å². The molecule has 0 amide bonds. The minimum Gasteiger partial charge on any atom is -0.396 e. The van der Waals surface area contributed by atoms with E-state index in [9.17, 15) is 5.11 Å². The van der Waals surface area contributed by atoms with Crippen molar-refractivity contribution < 1.29 is 5.11 Å². The molecule has 2 aromatic rings. The molecule has 3 rings (SSSR count). The molecule has 1 aromatic heterocycles. The van der Waals surface area contributed by atoms with Crippen molar-refractivity contribution in [2.45, 2.75) is 6.42 Å². The second kappa shape index (κ2) is 7.49. The summed E-state index contributed by atoms with van der Waals surface area (Å²) in [7, 11) is 0. The fraction of sp³-hybridized carbons (Fsp3) is 0.357. The second-order valence-corrected chi connectivity index (χ2v) is 6.07. The highest BCUT2D eigenvalue weighted by atomic mass is 35.5. The zero-order chi connectivity index (χ0) is 15.7. The van der Waals surface area contributed by atoms with Crippen molar-refractivity contribution >= 4 is 47.5 Å². The Labute approximate surface area is 150 Å². The molecule has 0 saturated carbocycles. The first-order valence-electron chi connectivity index (χ1n) is 6.89. The van der Waals surface area contributed by atoms with Gasteiger partial charge in [0.25, 0.3) is 0 Å². The van der Waals surface area contributed by atoms with E-state index in [-0.39, 0.29) is 30.9 Å². The third-order valence-electron chi connectivity index (χ3n) is 3.64. The lowest BCUT2D eigenvalue weighted by molar-refractivity contribution is 0.238. The van der Waals surface area contributed by atoms with Crippen LogP contribution in [0.1, 0.15) is 6.42 Å². The maximum absolute atomic E-state index is 9.25. The molecule has 0 spiro atoms. The van der Waals surface area contributed by atoms with Crippen LogP contribution in [0.5, 0.6) is 0 Å². The molecule has 9 heteroatoms. The number of aliphatic hydroxyl groups excluding tert-OH is 1. The number of benzene rings is 1. The highest BCUT2D eigenvalue weighted by molar-refractivity contribution is 6.35. The summed E-state index contributed by atoms with van der Waals surface area (Å²) in [5, 5.41) is 10.3. The maximum Gasteiger partial charge on any atom is 0.230 e. The zero-order valence-corrected chi connectivity index (χ0v) is 14.4. The average Bonchev–Trinajstić information content (AvgIpc) is 2.98. The van der Waals surface area contributed by atoms with Crippen LogP contribution in [0, 0.1) is 5.92 Å². The van der Waals surface area contributed by atoms with Crippen molar-refractivity contribution in [3.8, 4) is 11.4 Å². The van der Waals surface area contributed by atoms with Crippen LogP contribution in [0.15, 0.2) is 18.2 Å². The fourth-order valence-corrected chi connectivity index (χ4v) is 2.85. The Hall–Kier alpha value is -1.34. The van der Waals surface area contributed by atoms with E-state index in [1.165, 1.54) is 0 Å². The van der Waals surface area contributed by atoms with Gasteiger partial charge in [-0.2, -0.15) is 15.0 Å². The number of rotatable bonds is 3. The van der Waals surface area contributed by atoms with Crippen LogP contribution >= 0.6 is 35.6 Å². The molecule has 1 aliphatic rings. The molecule has 2 heterocycles. The number of nitrogen functional groups attached to an aromatic ring is 1. The Morgan fingerprint density at radius 2 is 2.04 bits per heavy atom. The summed E-state index contributed by atoms with van der Waals surface area (Å²) < 4.78 is 0. The Kier molecular flexibility index (Phi) is 5.86. The number of hydrogen-bond acceptors (Lipinski definition) is 6. The summed E-state index contributed by atoms with van der Waals surface area (Å²) in [5.41, 5.74) is 6.42. The monoisotopic (exact) mass is 375 g/mol. The Bertz CT molecular complexity index is 700. The van der Waals surface area contributed by atoms with Gasteiger partial charge in [0.2, 0.25) is 11.9 Å². The number of halogens is 3. The van der Waals surface area contributed by atoms with Crippen LogP contribution in [-0.4, -0.2) is 39.8 Å². The Morgan fingerprint density at radius 1 is 1.26 bits per heavy atom. The van der Waals surface area contributed by atoms with Crippen LogP contribution in [-0.2, 0) is 0 Å². The normalized spacial score (nSPS) is 17.2. The topological polar surface area (TPSA) is 88.2 Å². The molecule has 3 N–H and O–H groups in total. The molecule has 1 aliphatic heterocycles. The van der Waals surface area contributed by atoms with E-state index in [0.29, 0.717) is 33.9 Å². The standard InChI is InChI=1S/C14H15Cl2N5O.ClH/c15-9-1-2-11(16)10(5-9)12-18-13(17)20-14(19-12)21-4-3-8(6-21)7-22;/h1-2,5,8,22H,3-4,6-7H2,(H2,17,18,19,20);1H. The molecule has 124 valence electrons. The van der Waals surface area contributed by atoms with Gasteiger partial charge in [0.05, 0.1) is 5.02 Å². The van der Waals surface area contributed by atoms with Crippen molar-refractivity contribution in [3.05, 3.63) is 28.2 Å². The summed E-state index contributed by atoms with van der Waals surface area (Å²) in [5.74, 6) is 1.25. The van der Waals surface area contributed by atoms with E-state index in [1.54, 1.807) is 18.2 Å². The van der Waals surface area contributed by atoms with Crippen molar-refractivity contribution in [2.24, 2.45) is 5.92 Å². The summed E-state index contributed by atoms with van der Waals surface area (Å²) >= 11 is 12.2. The summed E-state index contributed by atoms with van der Waals surface area (Å²) in [4.78, 5) is 14.8. The van der Waals surface area contributed by atoms with Crippen LogP contribution in [0.25, 0.3) is 11.4 Å². The molecule has 1 aromatic carbocycles. The predicted molar refractivity (Wildman–Crippen MR) is 94.3 cm³/mol. The second-order valence-electron chi connectivity index (χ2n) is 5.22. The molecule has 1 unspecified atom stereocenters. The molecule has 0 aliphatic carbocycles. The molecule has 23 heavy (non-hydrogen) atoms. The van der Waals surface area contributed by atoms with Crippen molar-refractivity contribution in [2.75, 3.05) is 30.3 Å². The van der Waals surface area contributed by atoms with Crippen molar-refractivity contribution in [3.63, 3.8) is 0 Å². The van der Waals surface area contributed by atoms with E-state index in [1.807, 2.05) is 4.90 Å². The largest absolute Gasteiger partial charge is 0.396 e. The molecule has 0 radical (unpaired) electrons. The molecular formula is C14H16Cl3N5O. The molecule has 6 nitrogen and oxygen atoms in total. The number of anilines is 2. The molecule has 1 atom stereocenters. The van der Waals surface area contributed by atoms with Crippen LogP contribution in [0.2, 0.25) is 10.0 Å². The van der Waals surface area contributed by atoms with Gasteiger partial charge < -0.3 is 15.7 Å². The first-order chi connectivity index (χ1) is 10.6. The van der Waals surface area contributed by atoms with Gasteiger partial charge in [-0.1, -0.05) is 23.2 Å². The van der Waals surface area contributed by atoms with Gasteiger partial charge in [-0.05, 0) is 24.6 Å². The van der Waals surface area contributed by atoms with Gasteiger partial charge in [-0.25, -0.2) is 0 Å². The van der Waals surface area contributed by atoms with Crippen LogP contribution < -0.4 is 10.6 Å². The lowest BCUT2D eigenvalue weighted by Gasteiger charge is -2.17. The lowest BCUT2D eigenvalue weighted by atomic mass is 10.1. The van der Waals surface area contributed by atoms with E-state index in [0.717, 1.165) is 13.0 Å². The van der Waals surface area contributed by atoms with Gasteiger partial charge in [0, 0.05) is 36.2 Å². The highest BCUT2D eigenvalue weighted by Crippen LogP contribution is 2.30. The van der Waals surface area contributed by atoms with Gasteiger partial charge >= 0.3 is 0 Å². The summed E-state index contributed by atoms with van der Waals surface area (Å²) in [6.45, 7) is 1.63. The number of hydrogen-bond donors (Lipinski definition) is 2. The van der Waals surface area contributed by atoms with Crippen LogP contribution in [0.4, 0.5) is 11.9 Å². The Balaban J connectivity index is 0.00000192. The Morgan fingerprint density at radius 3 is 2.74 bits per heavy atom. The smallest absolute Gasteiger partial charge is 0.230 e. The van der Waals surface area contributed by atoms with E-state index >= 15 is 0 Å². The SMILES string of the molecule is Cl.Nc1nc(-c2cc(Cl)ccc2Cl)nc(N2CCC(CO)C2)n1. The molecular weight excluding hydrogens is 361 g/mol. The third kappa shape index (κ3) is 3.95. The first-order valence-corrected chi connectivity index (χ1v) is 7.65. The highest BCUT2D eigenvalue weighted by Gasteiger charge is 2.25. The summed E-state index contributed by atoms with van der Waals surface area (Å²) in [6, 6.07) is 5.09. The van der Waals surface area contributed by atoms with E-state index in [4.69, 9.17) is 28.9 Å².